The van der Waals surface area contributed by atoms with Gasteiger partial charge in [0.15, 0.2) is 5.69 Å². The van der Waals surface area contributed by atoms with Crippen LogP contribution < -0.4 is 10.2 Å². The van der Waals surface area contributed by atoms with Crippen LogP contribution in [0.25, 0.3) is 10.9 Å². The molecule has 1 aliphatic rings. The number of H-pyrrole nitrogens is 1. The molecule has 3 aromatic rings. The number of fused-ring (bicyclic) bond motifs is 1. The maximum Gasteiger partial charge on any atom is 0.356 e. The third-order valence-electron chi connectivity index (χ3n) is 5.61. The van der Waals surface area contributed by atoms with Crippen LogP contribution in [0.5, 0.6) is 0 Å². The van der Waals surface area contributed by atoms with E-state index in [0.29, 0.717) is 47.7 Å². The summed E-state index contributed by atoms with van der Waals surface area (Å²) in [5, 5.41) is 4.15. The van der Waals surface area contributed by atoms with Crippen molar-refractivity contribution in [3.8, 4) is 0 Å². The molecule has 1 saturated heterocycles. The van der Waals surface area contributed by atoms with Gasteiger partial charge in [0.25, 0.3) is 5.91 Å². The fourth-order valence-electron chi connectivity index (χ4n) is 3.92. The predicted octanol–water partition coefficient (Wildman–Crippen LogP) is 4.50. The molecular formula is C22H21Cl2FN4O3. The number of aromatic nitrogens is 2. The number of carbonyl (C=O) groups is 2. The highest BCUT2D eigenvalue weighted by atomic mass is 35.5. The lowest BCUT2D eigenvalue weighted by Gasteiger charge is -2.34. The molecule has 1 aromatic carbocycles. The van der Waals surface area contributed by atoms with Gasteiger partial charge in [-0.05, 0) is 31.9 Å². The van der Waals surface area contributed by atoms with Crippen molar-refractivity contribution in [1.29, 1.82) is 0 Å². The van der Waals surface area contributed by atoms with Gasteiger partial charge in [-0.25, -0.2) is 14.2 Å². The number of nitrogens with zero attached hydrogens (tertiary/aromatic N) is 2. The van der Waals surface area contributed by atoms with E-state index < -0.39 is 11.8 Å². The number of methoxy groups -OCH3 is 1. The smallest absolute Gasteiger partial charge is 0.356 e. The van der Waals surface area contributed by atoms with Crippen molar-refractivity contribution in [3.63, 3.8) is 0 Å². The number of halogens is 3. The van der Waals surface area contributed by atoms with Crippen LogP contribution >= 0.6 is 23.2 Å². The normalized spacial score (nSPS) is 14.6. The Morgan fingerprint density at radius 2 is 1.97 bits per heavy atom. The highest BCUT2D eigenvalue weighted by Crippen LogP contribution is 2.32. The number of ether oxygens (including phenoxy) is 1. The van der Waals surface area contributed by atoms with E-state index in [4.69, 9.17) is 27.9 Å². The molecule has 3 heterocycles. The first-order valence-corrected chi connectivity index (χ1v) is 10.8. The number of amides is 1. The minimum atomic E-state index is -0.629. The molecule has 2 N–H and O–H groups in total. The molecule has 0 bridgehead atoms. The molecule has 0 unspecified atom stereocenters. The molecular weight excluding hydrogens is 458 g/mol. The maximum atomic E-state index is 14.4. The van der Waals surface area contributed by atoms with Crippen molar-refractivity contribution < 1.29 is 18.7 Å². The molecule has 7 nitrogen and oxygen atoms in total. The lowest BCUT2D eigenvalue weighted by Crippen LogP contribution is -2.45. The molecule has 32 heavy (non-hydrogen) atoms. The second kappa shape index (κ2) is 8.96. The van der Waals surface area contributed by atoms with E-state index in [1.165, 1.54) is 13.2 Å². The van der Waals surface area contributed by atoms with Crippen LogP contribution in [-0.2, 0) is 4.74 Å². The van der Waals surface area contributed by atoms with Crippen LogP contribution in [0.15, 0.2) is 24.3 Å². The van der Waals surface area contributed by atoms with Crippen molar-refractivity contribution in [2.75, 3.05) is 25.1 Å². The zero-order chi connectivity index (χ0) is 23.0. The molecule has 2 aromatic heterocycles. The van der Waals surface area contributed by atoms with Gasteiger partial charge in [0.1, 0.15) is 17.0 Å². The fraction of sp³-hybridized carbons (Fsp3) is 0.318. The second-order valence-corrected chi connectivity index (χ2v) is 8.40. The molecule has 1 fully saturated rings. The highest BCUT2D eigenvalue weighted by Gasteiger charge is 2.26. The number of para-hydroxylation sites is 1. The van der Waals surface area contributed by atoms with Gasteiger partial charge in [-0.1, -0.05) is 35.3 Å². The summed E-state index contributed by atoms with van der Waals surface area (Å²) in [7, 11) is 1.26. The molecule has 168 valence electrons. The van der Waals surface area contributed by atoms with Gasteiger partial charge in [0.05, 0.1) is 17.2 Å². The summed E-state index contributed by atoms with van der Waals surface area (Å²) in [5.74, 6) is -1.45. The first kappa shape index (κ1) is 22.4. The number of hydrogen-bond acceptors (Lipinski definition) is 5. The molecule has 0 atom stereocenters. The summed E-state index contributed by atoms with van der Waals surface area (Å²) in [6.07, 6.45) is 1.31. The quantitative estimate of drug-likeness (QED) is 0.538. The minimum absolute atomic E-state index is 0.0455. The number of pyridine rings is 1. The van der Waals surface area contributed by atoms with Crippen molar-refractivity contribution >= 4 is 51.7 Å². The molecule has 1 aliphatic heterocycles. The molecule has 4 rings (SSSR count). The van der Waals surface area contributed by atoms with Crippen LogP contribution in [0.4, 0.5) is 10.1 Å². The number of hydrogen-bond donors (Lipinski definition) is 2. The summed E-state index contributed by atoms with van der Waals surface area (Å²) in [4.78, 5) is 33.8. The molecule has 0 radical (unpaired) electrons. The highest BCUT2D eigenvalue weighted by molar-refractivity contribution is 6.44. The summed E-state index contributed by atoms with van der Waals surface area (Å²) >= 11 is 12.2. The molecule has 10 heteroatoms. The number of rotatable bonds is 4. The van der Waals surface area contributed by atoms with Gasteiger partial charge in [-0.15, -0.1) is 0 Å². The van der Waals surface area contributed by atoms with Crippen LogP contribution in [-0.4, -0.2) is 48.1 Å². The number of carbonyl (C=O) groups excluding carboxylic acids is 2. The average molecular weight is 479 g/mol. The maximum absolute atomic E-state index is 14.4. The Kier molecular flexibility index (Phi) is 6.26. The van der Waals surface area contributed by atoms with Crippen LogP contribution in [0.1, 0.15) is 39.5 Å². The second-order valence-electron chi connectivity index (χ2n) is 7.64. The third kappa shape index (κ3) is 4.12. The van der Waals surface area contributed by atoms with Crippen LogP contribution in [0.3, 0.4) is 0 Å². The van der Waals surface area contributed by atoms with E-state index in [0.717, 1.165) is 0 Å². The lowest BCUT2D eigenvalue weighted by molar-refractivity contribution is 0.0594. The molecule has 0 spiro atoms. The summed E-state index contributed by atoms with van der Waals surface area (Å²) < 4.78 is 19.2. The Morgan fingerprint density at radius 3 is 2.59 bits per heavy atom. The lowest BCUT2D eigenvalue weighted by atomic mass is 10.0. The van der Waals surface area contributed by atoms with Gasteiger partial charge < -0.3 is 19.9 Å². The average Bonchev–Trinajstić information content (AvgIpc) is 3.06. The Labute approximate surface area is 193 Å². The zero-order valence-corrected chi connectivity index (χ0v) is 19.0. The Balaban J connectivity index is 1.53. The summed E-state index contributed by atoms with van der Waals surface area (Å²) in [5.41, 5.74) is 1.75. The summed E-state index contributed by atoms with van der Waals surface area (Å²) in [6, 6.07) is 6.25. The fourth-order valence-corrected chi connectivity index (χ4v) is 4.33. The third-order valence-corrected chi connectivity index (χ3v) is 6.56. The topological polar surface area (TPSA) is 87.3 Å². The SMILES string of the molecule is COC(=O)c1cc(N2CCC(NC(=O)c3[nH]c(C)c(Cl)c3Cl)CC2)c2cccc(F)c2n1. The number of aromatic amines is 1. The number of anilines is 1. The van der Waals surface area contributed by atoms with Crippen molar-refractivity contribution in [2.24, 2.45) is 0 Å². The number of piperidine rings is 1. The van der Waals surface area contributed by atoms with E-state index in [2.05, 4.69) is 20.2 Å². The predicted molar refractivity (Wildman–Crippen MR) is 121 cm³/mol. The van der Waals surface area contributed by atoms with E-state index in [1.54, 1.807) is 25.1 Å². The van der Waals surface area contributed by atoms with E-state index >= 15 is 0 Å². The number of benzene rings is 1. The number of aryl methyl sites for hydroxylation is 1. The molecule has 0 aliphatic carbocycles. The molecule has 1 amide bonds. The van der Waals surface area contributed by atoms with Crippen LogP contribution in [0.2, 0.25) is 10.0 Å². The largest absolute Gasteiger partial charge is 0.464 e. The van der Waals surface area contributed by atoms with Gasteiger partial charge in [0.2, 0.25) is 0 Å². The monoisotopic (exact) mass is 478 g/mol. The Morgan fingerprint density at radius 1 is 1.25 bits per heavy atom. The van der Waals surface area contributed by atoms with Crippen molar-refractivity contribution in [3.05, 3.63) is 57.2 Å². The zero-order valence-electron chi connectivity index (χ0n) is 17.5. The van der Waals surface area contributed by atoms with Gasteiger partial charge in [-0.2, -0.15) is 0 Å². The standard InChI is InChI=1S/C22H21Cl2FN4O3/c1-11-17(23)18(24)20(26-11)21(30)27-12-6-8-29(9-7-12)16-10-15(22(31)32-2)28-19-13(16)4-3-5-14(19)25/h3-5,10,12,26H,6-9H2,1-2H3,(H,27,30). The minimum Gasteiger partial charge on any atom is -0.464 e. The first-order valence-electron chi connectivity index (χ1n) is 10.1. The van der Waals surface area contributed by atoms with Crippen LogP contribution in [0, 0.1) is 12.7 Å². The molecule has 0 saturated carbocycles. The number of esters is 1. The van der Waals surface area contributed by atoms with Gasteiger partial charge >= 0.3 is 5.97 Å². The van der Waals surface area contributed by atoms with Crippen molar-refractivity contribution in [2.45, 2.75) is 25.8 Å². The Bertz CT molecular complexity index is 1210. The van der Waals surface area contributed by atoms with E-state index in [9.17, 15) is 14.0 Å². The number of nitrogens with one attached hydrogen (secondary N) is 2. The van der Waals surface area contributed by atoms with E-state index in [1.807, 2.05) is 0 Å². The van der Waals surface area contributed by atoms with E-state index in [-0.39, 0.29) is 33.9 Å². The van der Waals surface area contributed by atoms with Gasteiger partial charge in [-0.3, -0.25) is 4.79 Å². The van der Waals surface area contributed by atoms with Gasteiger partial charge in [0, 0.05) is 35.9 Å². The van der Waals surface area contributed by atoms with Crippen molar-refractivity contribution in [1.82, 2.24) is 15.3 Å². The first-order chi connectivity index (χ1) is 15.3. The Hall–Kier alpha value is -2.84. The summed E-state index contributed by atoms with van der Waals surface area (Å²) in [6.45, 7) is 2.94.